The number of aryl methyl sites for hydroxylation is 1. The largest absolute Gasteiger partial charge is 0.370 e. The summed E-state index contributed by atoms with van der Waals surface area (Å²) in [6, 6.07) is 8.25. The zero-order chi connectivity index (χ0) is 19.0. The van der Waals surface area contributed by atoms with E-state index in [-0.39, 0.29) is 12.5 Å². The number of carbonyl (C=O) groups excluding carboxylic acids is 1. The maximum atomic E-state index is 11.3. The van der Waals surface area contributed by atoms with Gasteiger partial charge >= 0.3 is 0 Å². The predicted molar refractivity (Wildman–Crippen MR) is 104 cm³/mol. The third-order valence-electron chi connectivity index (χ3n) is 4.65. The number of nitrogens with two attached hydrogens (primary N) is 1. The molecule has 0 saturated carbocycles. The second kappa shape index (κ2) is 7.28. The van der Waals surface area contributed by atoms with Gasteiger partial charge in [-0.3, -0.25) is 4.79 Å². The SMILES string of the molecule is CSc1ccc2c(C)cc(-n3nc(CC(N)=O)nc3[C@H]3CCCO3)nc2c1. The van der Waals surface area contributed by atoms with E-state index < -0.39 is 5.91 Å². The summed E-state index contributed by atoms with van der Waals surface area (Å²) in [5.74, 6) is 1.28. The monoisotopic (exact) mass is 383 g/mol. The molecule has 7 nitrogen and oxygen atoms in total. The summed E-state index contributed by atoms with van der Waals surface area (Å²) in [6.07, 6.45) is 3.74. The van der Waals surface area contributed by atoms with E-state index in [2.05, 4.69) is 35.2 Å². The zero-order valence-electron chi connectivity index (χ0n) is 15.3. The Hall–Kier alpha value is -2.45. The first kappa shape index (κ1) is 17.9. The van der Waals surface area contributed by atoms with E-state index in [1.807, 2.05) is 12.3 Å². The van der Waals surface area contributed by atoms with Gasteiger partial charge in [0.25, 0.3) is 0 Å². The summed E-state index contributed by atoms with van der Waals surface area (Å²) in [5, 5.41) is 5.62. The predicted octanol–water partition coefficient (Wildman–Crippen LogP) is 2.73. The lowest BCUT2D eigenvalue weighted by Gasteiger charge is -2.12. The molecule has 0 bridgehead atoms. The van der Waals surface area contributed by atoms with Crippen molar-refractivity contribution in [3.8, 4) is 5.82 Å². The van der Waals surface area contributed by atoms with E-state index in [1.54, 1.807) is 16.4 Å². The van der Waals surface area contributed by atoms with Gasteiger partial charge in [0.05, 0.1) is 11.9 Å². The van der Waals surface area contributed by atoms with Crippen molar-refractivity contribution < 1.29 is 9.53 Å². The summed E-state index contributed by atoms with van der Waals surface area (Å²) in [6.45, 7) is 2.75. The minimum atomic E-state index is -0.460. The lowest BCUT2D eigenvalue weighted by molar-refractivity contribution is -0.117. The fourth-order valence-electron chi connectivity index (χ4n) is 3.36. The summed E-state index contributed by atoms with van der Waals surface area (Å²) >= 11 is 1.68. The minimum Gasteiger partial charge on any atom is -0.370 e. The molecule has 1 aliphatic heterocycles. The molecular formula is C19H21N5O2S. The molecule has 0 unspecified atom stereocenters. The number of primary amides is 1. The molecule has 2 aromatic heterocycles. The molecule has 3 heterocycles. The average Bonchev–Trinajstić information content (AvgIpc) is 3.30. The van der Waals surface area contributed by atoms with Crippen molar-refractivity contribution in [3.05, 3.63) is 41.5 Å². The van der Waals surface area contributed by atoms with Crippen molar-refractivity contribution >= 4 is 28.6 Å². The van der Waals surface area contributed by atoms with Crippen LogP contribution in [0.2, 0.25) is 0 Å². The van der Waals surface area contributed by atoms with Crippen LogP contribution in [-0.2, 0) is 16.0 Å². The van der Waals surface area contributed by atoms with Crippen LogP contribution in [0.1, 0.15) is 36.2 Å². The van der Waals surface area contributed by atoms with Crippen LogP contribution in [0.4, 0.5) is 0 Å². The third kappa shape index (κ3) is 3.54. The Labute approximate surface area is 161 Å². The minimum absolute atomic E-state index is 0.00406. The smallest absolute Gasteiger partial charge is 0.225 e. The normalized spacial score (nSPS) is 16.9. The van der Waals surface area contributed by atoms with E-state index in [4.69, 9.17) is 15.5 Å². The highest BCUT2D eigenvalue weighted by Crippen LogP contribution is 2.30. The first-order chi connectivity index (χ1) is 13.0. The highest BCUT2D eigenvalue weighted by atomic mass is 32.2. The van der Waals surface area contributed by atoms with Crippen molar-refractivity contribution in [1.82, 2.24) is 19.7 Å². The lowest BCUT2D eigenvalue weighted by Crippen LogP contribution is -2.14. The van der Waals surface area contributed by atoms with Crippen LogP contribution in [0.5, 0.6) is 0 Å². The van der Waals surface area contributed by atoms with Crippen LogP contribution in [0.25, 0.3) is 16.7 Å². The van der Waals surface area contributed by atoms with Crippen molar-refractivity contribution in [1.29, 1.82) is 0 Å². The summed E-state index contributed by atoms with van der Waals surface area (Å²) in [4.78, 5) is 21.8. The molecule has 2 N–H and O–H groups in total. The van der Waals surface area contributed by atoms with Gasteiger partial charge in [0.15, 0.2) is 17.5 Å². The van der Waals surface area contributed by atoms with Crippen LogP contribution in [0, 0.1) is 6.92 Å². The van der Waals surface area contributed by atoms with Gasteiger partial charge in [-0.15, -0.1) is 16.9 Å². The molecule has 1 fully saturated rings. The Morgan fingerprint density at radius 3 is 2.93 bits per heavy atom. The molecular weight excluding hydrogens is 362 g/mol. The molecule has 0 radical (unpaired) electrons. The van der Waals surface area contributed by atoms with Gasteiger partial charge in [-0.05, 0) is 49.8 Å². The number of rotatable bonds is 5. The lowest BCUT2D eigenvalue weighted by atomic mass is 10.1. The van der Waals surface area contributed by atoms with E-state index >= 15 is 0 Å². The third-order valence-corrected chi connectivity index (χ3v) is 5.38. The standard InChI is InChI=1S/C19H21N5O2S/c1-11-8-18(21-14-9-12(27-2)5-6-13(11)14)24-19(15-4-3-7-26-15)22-17(23-24)10-16(20)25/h5-6,8-9,15H,3-4,7,10H2,1-2H3,(H2,20,25)/t15-/m1/s1. The number of ether oxygens (including phenoxy) is 1. The molecule has 1 aromatic carbocycles. The fraction of sp³-hybridized carbons (Fsp3) is 0.368. The number of hydrogen-bond donors (Lipinski definition) is 1. The Bertz CT molecular complexity index is 1010. The number of benzene rings is 1. The van der Waals surface area contributed by atoms with Gasteiger partial charge < -0.3 is 10.5 Å². The maximum absolute atomic E-state index is 11.3. The highest BCUT2D eigenvalue weighted by molar-refractivity contribution is 7.98. The van der Waals surface area contributed by atoms with Crippen LogP contribution < -0.4 is 5.73 Å². The van der Waals surface area contributed by atoms with Gasteiger partial charge in [-0.1, -0.05) is 6.07 Å². The summed E-state index contributed by atoms with van der Waals surface area (Å²) < 4.78 is 7.50. The molecule has 27 heavy (non-hydrogen) atoms. The van der Waals surface area contributed by atoms with E-state index in [0.29, 0.717) is 24.1 Å². The maximum Gasteiger partial charge on any atom is 0.225 e. The number of carbonyl (C=O) groups is 1. The van der Waals surface area contributed by atoms with Crippen LogP contribution in [0.15, 0.2) is 29.2 Å². The molecule has 140 valence electrons. The second-order valence-corrected chi connectivity index (χ2v) is 7.50. The van der Waals surface area contributed by atoms with Crippen LogP contribution >= 0.6 is 11.8 Å². The van der Waals surface area contributed by atoms with Gasteiger partial charge in [0.2, 0.25) is 5.91 Å². The first-order valence-corrected chi connectivity index (χ1v) is 10.1. The number of hydrogen-bond acceptors (Lipinski definition) is 6. The van der Waals surface area contributed by atoms with Gasteiger partial charge in [0.1, 0.15) is 6.10 Å². The molecule has 4 rings (SSSR count). The zero-order valence-corrected chi connectivity index (χ0v) is 16.1. The van der Waals surface area contributed by atoms with Crippen LogP contribution in [0.3, 0.4) is 0 Å². The number of nitrogens with zero attached hydrogens (tertiary/aromatic N) is 4. The Kier molecular flexibility index (Phi) is 4.84. The number of aromatic nitrogens is 4. The fourth-order valence-corrected chi connectivity index (χ4v) is 3.79. The van der Waals surface area contributed by atoms with Gasteiger partial charge in [-0.2, -0.15) is 4.68 Å². The van der Waals surface area contributed by atoms with E-state index in [0.717, 1.165) is 34.2 Å². The number of amides is 1. The van der Waals surface area contributed by atoms with Gasteiger partial charge in [0, 0.05) is 16.9 Å². The molecule has 0 spiro atoms. The van der Waals surface area contributed by atoms with Crippen molar-refractivity contribution in [2.24, 2.45) is 5.73 Å². The molecule has 1 saturated heterocycles. The molecule has 0 aliphatic carbocycles. The molecule has 1 atom stereocenters. The number of fused-ring (bicyclic) bond motifs is 1. The highest BCUT2D eigenvalue weighted by Gasteiger charge is 2.26. The topological polar surface area (TPSA) is 95.9 Å². The van der Waals surface area contributed by atoms with Gasteiger partial charge in [-0.25, -0.2) is 9.97 Å². The Morgan fingerprint density at radius 2 is 2.22 bits per heavy atom. The Morgan fingerprint density at radius 1 is 1.37 bits per heavy atom. The van der Waals surface area contributed by atoms with Crippen molar-refractivity contribution in [2.45, 2.75) is 37.2 Å². The first-order valence-electron chi connectivity index (χ1n) is 8.86. The van der Waals surface area contributed by atoms with Crippen molar-refractivity contribution in [3.63, 3.8) is 0 Å². The molecule has 8 heteroatoms. The van der Waals surface area contributed by atoms with E-state index in [9.17, 15) is 4.79 Å². The average molecular weight is 383 g/mol. The molecule has 3 aromatic rings. The number of thioether (sulfide) groups is 1. The van der Waals surface area contributed by atoms with E-state index in [1.165, 1.54) is 0 Å². The Balaban J connectivity index is 1.85. The summed E-state index contributed by atoms with van der Waals surface area (Å²) in [5.41, 5.74) is 7.34. The van der Waals surface area contributed by atoms with Crippen LogP contribution in [-0.4, -0.2) is 38.5 Å². The second-order valence-electron chi connectivity index (χ2n) is 6.62. The molecule has 1 aliphatic rings. The van der Waals surface area contributed by atoms with Crippen molar-refractivity contribution in [2.75, 3.05) is 12.9 Å². The quantitative estimate of drug-likeness (QED) is 0.681. The summed E-state index contributed by atoms with van der Waals surface area (Å²) in [7, 11) is 0. The number of pyridine rings is 1. The molecule has 1 amide bonds.